The lowest BCUT2D eigenvalue weighted by molar-refractivity contribution is -0.148. The molecule has 0 aliphatic carbocycles. The molecule has 0 saturated carbocycles. The number of methoxy groups -OCH3 is 2. The molecular formula is C41H71N5O7. The molecule has 1 aliphatic rings. The maximum atomic E-state index is 14.3. The third-order valence-corrected chi connectivity index (χ3v) is 11.3. The second-order valence-electron chi connectivity index (χ2n) is 16.0. The zero-order valence-corrected chi connectivity index (χ0v) is 34.8. The van der Waals surface area contributed by atoms with Crippen molar-refractivity contribution < 1.29 is 33.8 Å². The van der Waals surface area contributed by atoms with Gasteiger partial charge in [-0.1, -0.05) is 67.0 Å². The van der Waals surface area contributed by atoms with Crippen molar-refractivity contribution in [1.82, 2.24) is 25.3 Å². The van der Waals surface area contributed by atoms with E-state index in [1.807, 2.05) is 77.4 Å². The largest absolute Gasteiger partial charge is 0.508 e. The topological polar surface area (TPSA) is 141 Å². The van der Waals surface area contributed by atoms with Crippen LogP contribution < -0.4 is 10.6 Å². The van der Waals surface area contributed by atoms with E-state index in [1.54, 1.807) is 38.3 Å². The number of phenols is 1. The van der Waals surface area contributed by atoms with Gasteiger partial charge in [0, 0.05) is 40.4 Å². The van der Waals surface area contributed by atoms with Crippen LogP contribution in [0.3, 0.4) is 0 Å². The van der Waals surface area contributed by atoms with Gasteiger partial charge < -0.3 is 35.0 Å². The number of carbonyl (C=O) groups is 4. The highest BCUT2D eigenvalue weighted by Crippen LogP contribution is 2.30. The Morgan fingerprint density at radius 2 is 1.55 bits per heavy atom. The van der Waals surface area contributed by atoms with E-state index in [0.717, 1.165) is 18.4 Å². The SMILES string of the molecule is CC[C@H](C)[C@@H]([C@@H](CC(=O)N1CCC[C@H]1[C@H](OC)[C@@H](C)C(=O)NCCc1ccc(O)cc1)OC)N(C)C(=O)[C@@H](NC(=O)[C@H](C(C)C)N(C)C(C)C)C(C)C. The summed E-state index contributed by atoms with van der Waals surface area (Å²) in [6.45, 7) is 18.9. The van der Waals surface area contributed by atoms with Crippen molar-refractivity contribution in [3.8, 4) is 5.75 Å². The van der Waals surface area contributed by atoms with Gasteiger partial charge >= 0.3 is 0 Å². The molecule has 0 bridgehead atoms. The fourth-order valence-electron chi connectivity index (χ4n) is 7.71. The summed E-state index contributed by atoms with van der Waals surface area (Å²) in [4.78, 5) is 61.0. The van der Waals surface area contributed by atoms with Crippen molar-refractivity contribution in [2.45, 2.75) is 137 Å². The van der Waals surface area contributed by atoms with E-state index in [0.29, 0.717) is 25.9 Å². The standard InChI is InChI=1S/C41H71N5O7/c1-14-28(8)37(45(11)41(51)35(25(2)3)43-40(50)36(26(4)5)44(10)27(6)7)33(52-12)24-34(48)46-23-15-16-32(46)38(53-13)29(9)39(49)42-22-21-30-17-19-31(47)20-18-30/h17-20,25-29,32-33,35-38,47H,14-16,21-24H2,1-13H3,(H,42,49)(H,43,50)/t28-,29+,32-,33+,35-,36-,37-,38+/m0/s1. The number of amides is 4. The highest BCUT2D eigenvalue weighted by Gasteiger charge is 2.43. The molecule has 4 amide bonds. The van der Waals surface area contributed by atoms with Crippen LogP contribution in [0.4, 0.5) is 0 Å². The van der Waals surface area contributed by atoms with Crippen molar-refractivity contribution in [1.29, 1.82) is 0 Å². The number of likely N-dealkylation sites (tertiary alicyclic amines) is 1. The summed E-state index contributed by atoms with van der Waals surface area (Å²) in [6, 6.07) is 5.18. The number of hydrogen-bond donors (Lipinski definition) is 3. The molecule has 53 heavy (non-hydrogen) atoms. The molecule has 1 fully saturated rings. The highest BCUT2D eigenvalue weighted by atomic mass is 16.5. The average molecular weight is 746 g/mol. The van der Waals surface area contributed by atoms with Gasteiger partial charge in [0.05, 0.1) is 42.7 Å². The Kier molecular flexibility index (Phi) is 18.7. The second kappa shape index (κ2) is 21.6. The van der Waals surface area contributed by atoms with Gasteiger partial charge in [0.2, 0.25) is 23.6 Å². The molecule has 8 atom stereocenters. The predicted molar refractivity (Wildman–Crippen MR) is 209 cm³/mol. The maximum Gasteiger partial charge on any atom is 0.245 e. The van der Waals surface area contributed by atoms with E-state index in [9.17, 15) is 24.3 Å². The van der Waals surface area contributed by atoms with Crippen LogP contribution >= 0.6 is 0 Å². The Morgan fingerprint density at radius 1 is 0.925 bits per heavy atom. The number of likely N-dealkylation sites (N-methyl/N-ethyl adjacent to an activating group) is 2. The fraction of sp³-hybridized carbons (Fsp3) is 0.756. The van der Waals surface area contributed by atoms with E-state index in [4.69, 9.17) is 9.47 Å². The molecule has 0 unspecified atom stereocenters. The van der Waals surface area contributed by atoms with Crippen LogP contribution in [0.15, 0.2) is 24.3 Å². The summed E-state index contributed by atoms with van der Waals surface area (Å²) in [5.41, 5.74) is 1.00. The van der Waals surface area contributed by atoms with Crippen LogP contribution in [0.1, 0.15) is 93.6 Å². The first-order valence-corrected chi connectivity index (χ1v) is 19.6. The minimum absolute atomic E-state index is 0.00732. The normalized spacial score (nSPS) is 18.8. The number of carbonyl (C=O) groups excluding carboxylic acids is 4. The lowest BCUT2D eigenvalue weighted by Crippen LogP contribution is -2.60. The summed E-state index contributed by atoms with van der Waals surface area (Å²) in [7, 11) is 6.84. The lowest BCUT2D eigenvalue weighted by Gasteiger charge is -2.41. The summed E-state index contributed by atoms with van der Waals surface area (Å²) in [5.74, 6) is -1.10. The zero-order chi connectivity index (χ0) is 40.2. The first-order chi connectivity index (χ1) is 24.9. The number of rotatable bonds is 21. The second-order valence-corrected chi connectivity index (χ2v) is 16.0. The molecule has 1 aliphatic heterocycles. The molecule has 1 aromatic rings. The lowest BCUT2D eigenvalue weighted by atomic mass is 9.89. The molecular weight excluding hydrogens is 674 g/mol. The van der Waals surface area contributed by atoms with E-state index >= 15 is 0 Å². The van der Waals surface area contributed by atoms with Crippen molar-refractivity contribution in [2.75, 3.05) is 41.4 Å². The molecule has 1 heterocycles. The summed E-state index contributed by atoms with van der Waals surface area (Å²) >= 11 is 0. The average Bonchev–Trinajstić information content (AvgIpc) is 3.60. The van der Waals surface area contributed by atoms with Gasteiger partial charge in [-0.3, -0.25) is 24.1 Å². The summed E-state index contributed by atoms with van der Waals surface area (Å²) < 4.78 is 12.0. The van der Waals surface area contributed by atoms with Crippen LogP contribution in [0.5, 0.6) is 5.75 Å². The molecule has 0 radical (unpaired) electrons. The first-order valence-electron chi connectivity index (χ1n) is 19.6. The van der Waals surface area contributed by atoms with Crippen LogP contribution in [-0.2, 0) is 35.1 Å². The van der Waals surface area contributed by atoms with Gasteiger partial charge in [0.25, 0.3) is 0 Å². The quantitative estimate of drug-likeness (QED) is 0.168. The number of aromatic hydroxyl groups is 1. The van der Waals surface area contributed by atoms with Gasteiger partial charge in [-0.2, -0.15) is 0 Å². The van der Waals surface area contributed by atoms with Crippen molar-refractivity contribution in [3.05, 3.63) is 29.8 Å². The smallest absolute Gasteiger partial charge is 0.245 e. The fourth-order valence-corrected chi connectivity index (χ4v) is 7.71. The third-order valence-electron chi connectivity index (χ3n) is 11.3. The predicted octanol–water partition coefficient (Wildman–Crippen LogP) is 4.48. The molecule has 12 nitrogen and oxygen atoms in total. The number of ether oxygens (including phenoxy) is 2. The molecule has 0 spiro atoms. The zero-order valence-electron chi connectivity index (χ0n) is 34.8. The van der Waals surface area contributed by atoms with Gasteiger partial charge in [-0.25, -0.2) is 0 Å². The first kappa shape index (κ1) is 45.9. The molecule has 12 heteroatoms. The van der Waals surface area contributed by atoms with Crippen molar-refractivity contribution in [3.63, 3.8) is 0 Å². The van der Waals surface area contributed by atoms with E-state index in [-0.39, 0.29) is 65.6 Å². The Balaban J connectivity index is 2.22. The highest BCUT2D eigenvalue weighted by molar-refractivity contribution is 5.90. The van der Waals surface area contributed by atoms with E-state index in [1.165, 1.54) is 0 Å². The summed E-state index contributed by atoms with van der Waals surface area (Å²) in [5, 5.41) is 15.6. The number of hydrogen-bond acceptors (Lipinski definition) is 8. The number of benzene rings is 1. The monoisotopic (exact) mass is 746 g/mol. The van der Waals surface area contributed by atoms with Gasteiger partial charge in [-0.05, 0) is 75.6 Å². The summed E-state index contributed by atoms with van der Waals surface area (Å²) in [6.07, 6.45) is 1.81. The molecule has 302 valence electrons. The molecule has 3 N–H and O–H groups in total. The van der Waals surface area contributed by atoms with Crippen LogP contribution in [0, 0.1) is 23.7 Å². The minimum atomic E-state index is -0.756. The van der Waals surface area contributed by atoms with Crippen molar-refractivity contribution in [2.24, 2.45) is 23.7 Å². The molecule has 2 rings (SSSR count). The Hall–Kier alpha value is -3.22. The van der Waals surface area contributed by atoms with Gasteiger partial charge in [0.1, 0.15) is 11.8 Å². The number of phenolic OH excluding ortho intramolecular Hbond substituents is 1. The van der Waals surface area contributed by atoms with Crippen LogP contribution in [0.25, 0.3) is 0 Å². The van der Waals surface area contributed by atoms with Crippen molar-refractivity contribution >= 4 is 23.6 Å². The Labute approximate surface area is 319 Å². The Morgan fingerprint density at radius 3 is 2.06 bits per heavy atom. The van der Waals surface area contributed by atoms with E-state index < -0.39 is 36.3 Å². The molecule has 1 aromatic carbocycles. The van der Waals surface area contributed by atoms with Crippen LogP contribution in [0.2, 0.25) is 0 Å². The van der Waals surface area contributed by atoms with E-state index in [2.05, 4.69) is 24.5 Å². The number of nitrogens with zero attached hydrogens (tertiary/aromatic N) is 3. The maximum absolute atomic E-state index is 14.3. The number of nitrogens with one attached hydrogen (secondary N) is 2. The third kappa shape index (κ3) is 12.4. The Bertz CT molecular complexity index is 1310. The van der Waals surface area contributed by atoms with Crippen LogP contribution in [-0.4, -0.2) is 127 Å². The molecule has 1 saturated heterocycles. The minimum Gasteiger partial charge on any atom is -0.508 e. The molecule has 0 aromatic heterocycles. The van der Waals surface area contributed by atoms with Gasteiger partial charge in [-0.15, -0.1) is 0 Å². The van der Waals surface area contributed by atoms with Gasteiger partial charge in [0.15, 0.2) is 0 Å².